The molecule has 0 saturated carbocycles. The predicted molar refractivity (Wildman–Crippen MR) is 92.4 cm³/mol. The molecule has 1 heterocycles. The lowest BCUT2D eigenvalue weighted by Gasteiger charge is -2.40. The van der Waals surface area contributed by atoms with E-state index in [2.05, 4.69) is 30.1 Å². The molecule has 2 unspecified atom stereocenters. The molecular weight excluding hydrogens is 288 g/mol. The van der Waals surface area contributed by atoms with Crippen molar-refractivity contribution in [3.05, 3.63) is 29.3 Å². The SMILES string of the molecule is CCN1CCC(N(C)C(=O)Nc2cccc(C#N)c2C)CC1C. The Hall–Kier alpha value is -2.06. The number of urea groups is 1. The number of likely N-dealkylation sites (tertiary alicyclic amines) is 1. The molecule has 1 aromatic carbocycles. The number of carbonyl (C=O) groups excluding carboxylic acids is 1. The number of nitrogens with one attached hydrogen (secondary N) is 1. The van der Waals surface area contributed by atoms with Crippen molar-refractivity contribution >= 4 is 11.7 Å². The molecule has 1 fully saturated rings. The first-order chi connectivity index (χ1) is 11.0. The number of anilines is 1. The van der Waals surface area contributed by atoms with Crippen LogP contribution in [-0.4, -0.2) is 48.1 Å². The zero-order valence-corrected chi connectivity index (χ0v) is 14.5. The minimum atomic E-state index is -0.106. The van der Waals surface area contributed by atoms with Crippen LogP contribution in [0.3, 0.4) is 0 Å². The van der Waals surface area contributed by atoms with Gasteiger partial charge in [0, 0.05) is 31.4 Å². The normalized spacial score (nSPS) is 21.5. The second kappa shape index (κ2) is 7.47. The van der Waals surface area contributed by atoms with Crippen LogP contribution >= 0.6 is 0 Å². The van der Waals surface area contributed by atoms with E-state index in [0.717, 1.165) is 31.5 Å². The van der Waals surface area contributed by atoms with Gasteiger partial charge in [0.05, 0.1) is 11.6 Å². The van der Waals surface area contributed by atoms with Gasteiger partial charge >= 0.3 is 6.03 Å². The Kier molecular flexibility index (Phi) is 5.62. The summed E-state index contributed by atoms with van der Waals surface area (Å²) in [5.41, 5.74) is 2.11. The first-order valence-corrected chi connectivity index (χ1v) is 8.25. The van der Waals surface area contributed by atoms with Gasteiger partial charge in [-0.05, 0) is 50.9 Å². The molecule has 124 valence electrons. The lowest BCUT2D eigenvalue weighted by Crippen LogP contribution is -2.50. The van der Waals surface area contributed by atoms with Gasteiger partial charge in [-0.2, -0.15) is 5.26 Å². The van der Waals surface area contributed by atoms with Crippen LogP contribution in [0.15, 0.2) is 18.2 Å². The van der Waals surface area contributed by atoms with Gasteiger partial charge in [-0.15, -0.1) is 0 Å². The van der Waals surface area contributed by atoms with Gasteiger partial charge in [0.1, 0.15) is 0 Å². The number of benzene rings is 1. The van der Waals surface area contributed by atoms with E-state index in [4.69, 9.17) is 5.26 Å². The Labute approximate surface area is 138 Å². The molecule has 0 radical (unpaired) electrons. The summed E-state index contributed by atoms with van der Waals surface area (Å²) in [6, 6.07) is 8.19. The van der Waals surface area contributed by atoms with Gasteiger partial charge in [-0.25, -0.2) is 4.79 Å². The number of hydrogen-bond donors (Lipinski definition) is 1. The summed E-state index contributed by atoms with van der Waals surface area (Å²) in [6.45, 7) is 8.35. The highest BCUT2D eigenvalue weighted by molar-refractivity contribution is 5.90. The van der Waals surface area contributed by atoms with Crippen LogP contribution in [0, 0.1) is 18.3 Å². The first kappa shape index (κ1) is 17.3. The van der Waals surface area contributed by atoms with Gasteiger partial charge in [0.15, 0.2) is 0 Å². The van der Waals surface area contributed by atoms with E-state index >= 15 is 0 Å². The Morgan fingerprint density at radius 2 is 2.26 bits per heavy atom. The monoisotopic (exact) mass is 314 g/mol. The molecule has 0 bridgehead atoms. The van der Waals surface area contributed by atoms with E-state index in [9.17, 15) is 4.79 Å². The second-order valence-electron chi connectivity index (χ2n) is 6.29. The molecule has 2 rings (SSSR count). The Balaban J connectivity index is 2.03. The van der Waals surface area contributed by atoms with Crippen molar-refractivity contribution in [3.8, 4) is 6.07 Å². The molecule has 1 N–H and O–H groups in total. The van der Waals surface area contributed by atoms with Gasteiger partial charge in [0.2, 0.25) is 0 Å². The lowest BCUT2D eigenvalue weighted by atomic mass is 9.97. The van der Waals surface area contributed by atoms with E-state index in [1.165, 1.54) is 0 Å². The molecule has 0 spiro atoms. The minimum Gasteiger partial charge on any atom is -0.325 e. The molecule has 1 aliphatic heterocycles. The Morgan fingerprint density at radius 1 is 1.52 bits per heavy atom. The van der Waals surface area contributed by atoms with Crippen molar-refractivity contribution in [2.75, 3.05) is 25.5 Å². The summed E-state index contributed by atoms with van der Waals surface area (Å²) < 4.78 is 0. The van der Waals surface area contributed by atoms with E-state index in [-0.39, 0.29) is 12.1 Å². The number of amides is 2. The molecular formula is C18H26N4O. The third kappa shape index (κ3) is 3.83. The predicted octanol–water partition coefficient (Wildman–Crippen LogP) is 3.20. The third-order valence-electron chi connectivity index (χ3n) is 4.96. The van der Waals surface area contributed by atoms with Crippen LogP contribution in [0.2, 0.25) is 0 Å². The molecule has 1 aliphatic rings. The summed E-state index contributed by atoms with van der Waals surface area (Å²) >= 11 is 0. The van der Waals surface area contributed by atoms with E-state index in [1.807, 2.05) is 24.9 Å². The summed E-state index contributed by atoms with van der Waals surface area (Å²) in [7, 11) is 1.86. The van der Waals surface area contributed by atoms with Gasteiger partial charge in [-0.1, -0.05) is 13.0 Å². The maximum absolute atomic E-state index is 12.5. The minimum absolute atomic E-state index is 0.106. The van der Waals surface area contributed by atoms with Gasteiger partial charge < -0.3 is 15.1 Å². The smallest absolute Gasteiger partial charge is 0.321 e. The summed E-state index contributed by atoms with van der Waals surface area (Å²) in [6.07, 6.45) is 1.99. The molecule has 0 aromatic heterocycles. The first-order valence-electron chi connectivity index (χ1n) is 8.25. The summed E-state index contributed by atoms with van der Waals surface area (Å²) in [4.78, 5) is 16.8. The van der Waals surface area contributed by atoms with Crippen molar-refractivity contribution in [3.63, 3.8) is 0 Å². The maximum atomic E-state index is 12.5. The average molecular weight is 314 g/mol. The molecule has 2 atom stereocenters. The fourth-order valence-corrected chi connectivity index (χ4v) is 3.28. The number of hydrogen-bond acceptors (Lipinski definition) is 3. The third-order valence-corrected chi connectivity index (χ3v) is 4.96. The molecule has 1 saturated heterocycles. The van der Waals surface area contributed by atoms with E-state index in [0.29, 0.717) is 17.3 Å². The molecule has 0 aliphatic carbocycles. The molecule has 5 nitrogen and oxygen atoms in total. The summed E-state index contributed by atoms with van der Waals surface area (Å²) in [5.74, 6) is 0. The molecule has 5 heteroatoms. The standard InChI is InChI=1S/C18H26N4O/c1-5-22-10-9-16(11-13(22)2)21(4)18(23)20-17-8-6-7-15(12-19)14(17)3/h6-8,13,16H,5,9-11H2,1-4H3,(H,20,23). The maximum Gasteiger partial charge on any atom is 0.321 e. The number of nitriles is 1. The number of piperidine rings is 1. The Morgan fingerprint density at radius 3 is 2.87 bits per heavy atom. The van der Waals surface area contributed by atoms with Gasteiger partial charge in [0.25, 0.3) is 0 Å². The topological polar surface area (TPSA) is 59.4 Å². The number of rotatable bonds is 3. The molecule has 2 amide bonds. The lowest BCUT2D eigenvalue weighted by molar-refractivity contribution is 0.104. The van der Waals surface area contributed by atoms with E-state index in [1.54, 1.807) is 12.1 Å². The highest BCUT2D eigenvalue weighted by atomic mass is 16.2. The van der Waals surface area contributed by atoms with Crippen molar-refractivity contribution < 1.29 is 4.79 Å². The van der Waals surface area contributed by atoms with Crippen molar-refractivity contribution in [1.29, 1.82) is 5.26 Å². The highest BCUT2D eigenvalue weighted by Crippen LogP contribution is 2.23. The zero-order valence-electron chi connectivity index (χ0n) is 14.5. The summed E-state index contributed by atoms with van der Waals surface area (Å²) in [5, 5.41) is 12.0. The van der Waals surface area contributed by atoms with Crippen LogP contribution < -0.4 is 5.32 Å². The fourth-order valence-electron chi connectivity index (χ4n) is 3.28. The zero-order chi connectivity index (χ0) is 17.0. The second-order valence-corrected chi connectivity index (χ2v) is 6.29. The fraction of sp³-hybridized carbons (Fsp3) is 0.556. The highest BCUT2D eigenvalue weighted by Gasteiger charge is 2.29. The number of carbonyl (C=O) groups is 1. The molecule has 1 aromatic rings. The van der Waals surface area contributed by atoms with Crippen molar-refractivity contribution in [2.24, 2.45) is 0 Å². The van der Waals surface area contributed by atoms with Crippen LogP contribution in [0.5, 0.6) is 0 Å². The molecule has 23 heavy (non-hydrogen) atoms. The van der Waals surface area contributed by atoms with Crippen LogP contribution in [0.4, 0.5) is 10.5 Å². The van der Waals surface area contributed by atoms with Gasteiger partial charge in [-0.3, -0.25) is 0 Å². The largest absolute Gasteiger partial charge is 0.325 e. The quantitative estimate of drug-likeness (QED) is 0.932. The number of nitrogens with zero attached hydrogens (tertiary/aromatic N) is 3. The van der Waals surface area contributed by atoms with Crippen LogP contribution in [0.25, 0.3) is 0 Å². The van der Waals surface area contributed by atoms with Crippen LogP contribution in [-0.2, 0) is 0 Å². The average Bonchev–Trinajstić information content (AvgIpc) is 2.55. The Bertz CT molecular complexity index is 608. The van der Waals surface area contributed by atoms with Crippen molar-refractivity contribution in [1.82, 2.24) is 9.80 Å². The van der Waals surface area contributed by atoms with Crippen molar-refractivity contribution in [2.45, 2.75) is 45.7 Å². The van der Waals surface area contributed by atoms with Crippen LogP contribution in [0.1, 0.15) is 37.8 Å². The van der Waals surface area contributed by atoms with E-state index < -0.39 is 0 Å².